The van der Waals surface area contributed by atoms with Gasteiger partial charge in [-0.15, -0.1) is 0 Å². The third-order valence-electron chi connectivity index (χ3n) is 11.1. The monoisotopic (exact) mass is 953 g/mol. The summed E-state index contributed by atoms with van der Waals surface area (Å²) in [5, 5.41) is 0. The van der Waals surface area contributed by atoms with Gasteiger partial charge in [-0.3, -0.25) is 14.4 Å². The lowest BCUT2D eigenvalue weighted by Crippen LogP contribution is -2.30. The molecule has 0 fully saturated rings. The molecule has 6 nitrogen and oxygen atoms in total. The molecule has 0 saturated carbocycles. The lowest BCUT2D eigenvalue weighted by molar-refractivity contribution is -0.166. The second-order valence-electron chi connectivity index (χ2n) is 17.7. The van der Waals surface area contributed by atoms with Crippen molar-refractivity contribution < 1.29 is 28.6 Å². The van der Waals surface area contributed by atoms with Gasteiger partial charge in [0.05, 0.1) is 0 Å². The van der Waals surface area contributed by atoms with E-state index in [0.29, 0.717) is 19.3 Å². The summed E-state index contributed by atoms with van der Waals surface area (Å²) >= 11 is 0. The molecule has 388 valence electrons. The maximum absolute atomic E-state index is 12.8. The average Bonchev–Trinajstić information content (AvgIpc) is 3.35. The zero-order valence-electron chi connectivity index (χ0n) is 44.3. The van der Waals surface area contributed by atoms with E-state index < -0.39 is 12.1 Å². The van der Waals surface area contributed by atoms with Gasteiger partial charge in [-0.1, -0.05) is 219 Å². The average molecular weight is 953 g/mol. The Labute approximate surface area is 424 Å². The van der Waals surface area contributed by atoms with Crippen molar-refractivity contribution in [2.24, 2.45) is 0 Å². The summed E-state index contributed by atoms with van der Waals surface area (Å²) in [6, 6.07) is 0. The van der Waals surface area contributed by atoms with Crippen LogP contribution >= 0.6 is 0 Å². The van der Waals surface area contributed by atoms with Crippen LogP contribution in [-0.4, -0.2) is 37.2 Å². The van der Waals surface area contributed by atoms with Gasteiger partial charge in [-0.2, -0.15) is 0 Å². The molecule has 0 aromatic rings. The second kappa shape index (κ2) is 56.1. The van der Waals surface area contributed by atoms with Crippen LogP contribution in [0.4, 0.5) is 0 Å². The Morgan fingerprint density at radius 3 is 1.04 bits per heavy atom. The van der Waals surface area contributed by atoms with E-state index in [0.717, 1.165) is 83.5 Å². The molecule has 0 aromatic carbocycles. The predicted octanol–water partition coefficient (Wildman–Crippen LogP) is 18.6. The number of rotatable bonds is 48. The summed E-state index contributed by atoms with van der Waals surface area (Å²) < 4.78 is 16.7. The van der Waals surface area contributed by atoms with E-state index in [1.54, 1.807) is 0 Å². The number of esters is 3. The lowest BCUT2D eigenvalue weighted by atomic mass is 10.1. The molecule has 0 N–H and O–H groups in total. The Bertz CT molecular complexity index is 1510. The highest BCUT2D eigenvalue weighted by atomic mass is 16.6. The van der Waals surface area contributed by atoms with Crippen LogP contribution in [0.1, 0.15) is 226 Å². The topological polar surface area (TPSA) is 78.9 Å². The van der Waals surface area contributed by atoms with E-state index in [4.69, 9.17) is 14.2 Å². The fourth-order valence-electron chi connectivity index (χ4n) is 6.98. The van der Waals surface area contributed by atoms with Crippen LogP contribution in [-0.2, 0) is 28.6 Å². The first kappa shape index (κ1) is 64.5. The Hall–Kier alpha value is -4.45. The Balaban J connectivity index is 4.62. The van der Waals surface area contributed by atoms with Crippen LogP contribution in [0.25, 0.3) is 0 Å². The van der Waals surface area contributed by atoms with Crippen molar-refractivity contribution >= 4 is 17.9 Å². The molecule has 1 atom stereocenters. The van der Waals surface area contributed by atoms with Crippen molar-refractivity contribution in [3.05, 3.63) is 134 Å². The number of carbonyl (C=O) groups is 3. The number of hydrogen-bond donors (Lipinski definition) is 0. The number of carbonyl (C=O) groups excluding carboxylic acids is 3. The van der Waals surface area contributed by atoms with Gasteiger partial charge < -0.3 is 14.2 Å². The lowest BCUT2D eigenvalue weighted by Gasteiger charge is -2.18. The molecule has 69 heavy (non-hydrogen) atoms. The van der Waals surface area contributed by atoms with Crippen molar-refractivity contribution in [1.29, 1.82) is 0 Å². The van der Waals surface area contributed by atoms with Gasteiger partial charge in [-0.25, -0.2) is 0 Å². The van der Waals surface area contributed by atoms with E-state index in [9.17, 15) is 14.4 Å². The van der Waals surface area contributed by atoms with E-state index in [1.807, 2.05) is 12.2 Å². The maximum atomic E-state index is 12.8. The molecule has 0 rings (SSSR count). The molecular formula is C63H100O6. The molecule has 0 aliphatic heterocycles. The van der Waals surface area contributed by atoms with Crippen LogP contribution < -0.4 is 0 Å². The summed E-state index contributed by atoms with van der Waals surface area (Å²) in [6.07, 6.45) is 78.8. The highest BCUT2D eigenvalue weighted by Gasteiger charge is 2.19. The summed E-state index contributed by atoms with van der Waals surface area (Å²) in [5.74, 6) is -1.09. The minimum atomic E-state index is -0.847. The van der Waals surface area contributed by atoms with Crippen molar-refractivity contribution in [1.82, 2.24) is 0 Å². The van der Waals surface area contributed by atoms with Crippen LogP contribution in [0.15, 0.2) is 134 Å². The number of unbranched alkanes of at least 4 members (excludes halogenated alkanes) is 15. The summed E-state index contributed by atoms with van der Waals surface area (Å²) in [6.45, 7) is 6.36. The van der Waals surface area contributed by atoms with Crippen LogP contribution in [0.3, 0.4) is 0 Å². The van der Waals surface area contributed by atoms with Gasteiger partial charge in [0.2, 0.25) is 0 Å². The smallest absolute Gasteiger partial charge is 0.306 e. The van der Waals surface area contributed by atoms with E-state index in [2.05, 4.69) is 142 Å². The largest absolute Gasteiger partial charge is 0.462 e. The molecule has 0 saturated heterocycles. The standard InChI is InChI=1S/C63H100O6/c1-4-7-10-13-16-19-22-25-28-30-31-33-36-39-42-45-48-51-54-57-63(66)69-60(58-67-61(64)55-52-49-46-43-40-37-34-27-24-21-18-15-12-9-6-3)59-68-62(65)56-53-50-47-44-41-38-35-32-29-26-23-20-17-14-11-8-5-2/h7,10,16-17,19-21,24-26,28-29,31,33,35,38-39,42,44,47-48,51,60H,4-6,8-9,11-15,18,22-23,27,30,32,34,36-37,40-41,43,45-46,49-50,52-59H2,1-3H3/b10-7-,19-16-,20-17-,24-21-,28-25-,29-26-,33-31-,38-35-,42-39-,47-44-,51-48-/t60-/m0/s1. The molecule has 0 aliphatic rings. The molecule has 0 heterocycles. The highest BCUT2D eigenvalue weighted by molar-refractivity contribution is 5.71. The van der Waals surface area contributed by atoms with Crippen LogP contribution in [0.5, 0.6) is 0 Å². The van der Waals surface area contributed by atoms with Gasteiger partial charge in [0.25, 0.3) is 0 Å². The molecule has 0 aromatic heterocycles. The van der Waals surface area contributed by atoms with Crippen molar-refractivity contribution in [2.75, 3.05) is 13.2 Å². The zero-order valence-corrected chi connectivity index (χ0v) is 44.3. The second-order valence-corrected chi connectivity index (χ2v) is 17.7. The van der Waals surface area contributed by atoms with E-state index >= 15 is 0 Å². The first-order chi connectivity index (χ1) is 34.0. The molecule has 0 amide bonds. The molecule has 6 heteroatoms. The van der Waals surface area contributed by atoms with Crippen LogP contribution in [0, 0.1) is 0 Å². The van der Waals surface area contributed by atoms with E-state index in [1.165, 1.54) is 89.9 Å². The Morgan fingerprint density at radius 1 is 0.304 bits per heavy atom. The number of hydrogen-bond acceptors (Lipinski definition) is 6. The van der Waals surface area contributed by atoms with E-state index in [-0.39, 0.29) is 38.0 Å². The molecule has 0 spiro atoms. The van der Waals surface area contributed by atoms with Gasteiger partial charge in [-0.05, 0) is 122 Å². The SMILES string of the molecule is CC/C=C\C/C=C\C/C=C\C/C=C\C/C=C\C/C=C\CCC(=O)O[C@H](COC(=O)CCC/C=C\C/C=C\C/C=C\C/C=C\CCCCC)COC(=O)CCCCCCCCC/C=C\CCCCCC. The number of allylic oxidation sites excluding steroid dienone is 22. The molecule has 0 unspecified atom stereocenters. The fourth-order valence-corrected chi connectivity index (χ4v) is 6.98. The summed E-state index contributed by atoms with van der Waals surface area (Å²) in [5.41, 5.74) is 0. The van der Waals surface area contributed by atoms with Gasteiger partial charge in [0.1, 0.15) is 13.2 Å². The predicted molar refractivity (Wildman–Crippen MR) is 297 cm³/mol. The van der Waals surface area contributed by atoms with Crippen molar-refractivity contribution in [3.63, 3.8) is 0 Å². The van der Waals surface area contributed by atoms with Crippen LogP contribution in [0.2, 0.25) is 0 Å². The Morgan fingerprint density at radius 2 is 0.609 bits per heavy atom. The number of ether oxygens (including phenoxy) is 3. The maximum Gasteiger partial charge on any atom is 0.306 e. The quantitative estimate of drug-likeness (QED) is 0.0262. The normalized spacial score (nSPS) is 13.1. The Kier molecular flexibility index (Phi) is 52.5. The minimum Gasteiger partial charge on any atom is -0.462 e. The van der Waals surface area contributed by atoms with Gasteiger partial charge in [0.15, 0.2) is 6.10 Å². The van der Waals surface area contributed by atoms with Crippen molar-refractivity contribution in [2.45, 2.75) is 232 Å². The summed E-state index contributed by atoms with van der Waals surface area (Å²) in [4.78, 5) is 38.1. The zero-order chi connectivity index (χ0) is 50.0. The molecular weight excluding hydrogens is 853 g/mol. The van der Waals surface area contributed by atoms with Gasteiger partial charge in [0, 0.05) is 19.3 Å². The fraction of sp³-hybridized carbons (Fsp3) is 0.603. The van der Waals surface area contributed by atoms with Crippen molar-refractivity contribution in [3.8, 4) is 0 Å². The van der Waals surface area contributed by atoms with Gasteiger partial charge >= 0.3 is 17.9 Å². The third-order valence-corrected chi connectivity index (χ3v) is 11.1. The highest BCUT2D eigenvalue weighted by Crippen LogP contribution is 2.12. The molecule has 0 radical (unpaired) electrons. The molecule has 0 aliphatic carbocycles. The molecule has 0 bridgehead atoms. The summed E-state index contributed by atoms with van der Waals surface area (Å²) in [7, 11) is 0. The minimum absolute atomic E-state index is 0.132. The first-order valence-electron chi connectivity index (χ1n) is 27.7. The third kappa shape index (κ3) is 54.4. The first-order valence-corrected chi connectivity index (χ1v) is 27.7.